The zero-order valence-electron chi connectivity index (χ0n) is 13.2. The van der Waals surface area contributed by atoms with E-state index in [1.165, 1.54) is 12.1 Å². The van der Waals surface area contributed by atoms with Crippen molar-refractivity contribution in [2.24, 2.45) is 0 Å². The van der Waals surface area contributed by atoms with E-state index in [9.17, 15) is 9.18 Å². The monoisotopic (exact) mass is 328 g/mol. The van der Waals surface area contributed by atoms with Crippen LogP contribution in [0.3, 0.4) is 0 Å². The minimum Gasteiger partial charge on any atom is -0.493 e. The van der Waals surface area contributed by atoms with Crippen molar-refractivity contribution in [3.05, 3.63) is 54.2 Å². The molecule has 0 aliphatic carbocycles. The molecule has 1 N–H and O–H groups in total. The number of fused-ring (bicyclic) bond motifs is 1. The Kier molecular flexibility index (Phi) is 4.74. The van der Waals surface area contributed by atoms with Crippen molar-refractivity contribution >= 4 is 22.7 Å². The summed E-state index contributed by atoms with van der Waals surface area (Å²) < 4.78 is 23.8. The highest BCUT2D eigenvalue weighted by molar-refractivity contribution is 5.92. The van der Waals surface area contributed by atoms with Gasteiger partial charge in [0.25, 0.3) is 0 Å². The second-order valence-corrected chi connectivity index (χ2v) is 5.37. The van der Waals surface area contributed by atoms with E-state index in [0.29, 0.717) is 42.4 Å². The van der Waals surface area contributed by atoms with E-state index in [-0.39, 0.29) is 11.7 Å². The molecule has 0 unspecified atom stereocenters. The van der Waals surface area contributed by atoms with Gasteiger partial charge >= 0.3 is 0 Å². The van der Waals surface area contributed by atoms with Crippen LogP contribution in [0.25, 0.3) is 11.1 Å². The summed E-state index contributed by atoms with van der Waals surface area (Å²) >= 11 is 0. The molecule has 3 aromatic rings. The Hall–Kier alpha value is -2.89. The molecule has 0 bridgehead atoms. The lowest BCUT2D eigenvalue weighted by Gasteiger charge is -2.07. The third-order valence-corrected chi connectivity index (χ3v) is 3.39. The van der Waals surface area contributed by atoms with Crippen molar-refractivity contribution in [2.75, 3.05) is 11.9 Å². The fourth-order valence-corrected chi connectivity index (χ4v) is 2.32. The van der Waals surface area contributed by atoms with Crippen LogP contribution in [0.4, 0.5) is 10.1 Å². The van der Waals surface area contributed by atoms with Gasteiger partial charge in [0, 0.05) is 31.2 Å². The molecule has 1 amide bonds. The van der Waals surface area contributed by atoms with Crippen LogP contribution < -0.4 is 10.1 Å². The summed E-state index contributed by atoms with van der Waals surface area (Å²) in [6.07, 6.45) is 0.842. The maximum absolute atomic E-state index is 13.0. The summed E-state index contributed by atoms with van der Waals surface area (Å²) in [5, 5.41) is 2.81. The molecular weight excluding hydrogens is 311 g/mol. The predicted octanol–water partition coefficient (Wildman–Crippen LogP) is 4.07. The van der Waals surface area contributed by atoms with Crippen LogP contribution in [0, 0.1) is 12.7 Å². The fraction of sp³-hybridized carbons (Fsp3) is 0.222. The minimum atomic E-state index is -0.344. The van der Waals surface area contributed by atoms with E-state index >= 15 is 0 Å². The highest BCUT2D eigenvalue weighted by Gasteiger charge is 2.06. The second kappa shape index (κ2) is 7.12. The molecule has 0 spiro atoms. The van der Waals surface area contributed by atoms with Crippen LogP contribution >= 0.6 is 0 Å². The normalized spacial score (nSPS) is 10.8. The van der Waals surface area contributed by atoms with Crippen LogP contribution in [0.5, 0.6) is 5.75 Å². The molecule has 5 nitrogen and oxygen atoms in total. The Balaban J connectivity index is 1.46. The minimum absolute atomic E-state index is 0.117. The molecule has 0 saturated carbocycles. The molecule has 24 heavy (non-hydrogen) atoms. The first kappa shape index (κ1) is 16.0. The third-order valence-electron chi connectivity index (χ3n) is 3.39. The summed E-state index contributed by atoms with van der Waals surface area (Å²) in [4.78, 5) is 16.2. The number of nitrogens with one attached hydrogen (secondary N) is 1. The smallest absolute Gasteiger partial charge is 0.224 e. The fourth-order valence-electron chi connectivity index (χ4n) is 2.32. The number of anilines is 1. The molecule has 0 saturated heterocycles. The summed E-state index contributed by atoms with van der Waals surface area (Å²) in [7, 11) is 0. The number of amides is 1. The SMILES string of the molecule is Cc1nc2ccc(NC(=O)CCCOc3cccc(F)c3)cc2o1. The van der Waals surface area contributed by atoms with E-state index in [4.69, 9.17) is 9.15 Å². The van der Waals surface area contributed by atoms with Crippen LogP contribution in [-0.2, 0) is 4.79 Å². The molecule has 1 aromatic heterocycles. The molecule has 124 valence electrons. The average Bonchev–Trinajstić information content (AvgIpc) is 2.91. The van der Waals surface area contributed by atoms with Gasteiger partial charge in [0.1, 0.15) is 17.1 Å². The molecular formula is C18H17FN2O3. The topological polar surface area (TPSA) is 64.4 Å². The summed E-state index contributed by atoms with van der Waals surface area (Å²) in [6, 6.07) is 11.3. The van der Waals surface area contributed by atoms with Gasteiger partial charge in [0.2, 0.25) is 5.91 Å². The third kappa shape index (κ3) is 4.10. The van der Waals surface area contributed by atoms with Crippen molar-refractivity contribution in [3.8, 4) is 5.75 Å². The van der Waals surface area contributed by atoms with E-state index in [0.717, 1.165) is 5.52 Å². The number of halogens is 1. The van der Waals surface area contributed by atoms with E-state index in [1.54, 1.807) is 37.3 Å². The average molecular weight is 328 g/mol. The maximum Gasteiger partial charge on any atom is 0.224 e. The summed E-state index contributed by atoms with van der Waals surface area (Å²) in [5.41, 5.74) is 2.06. The Morgan fingerprint density at radius 2 is 2.17 bits per heavy atom. The van der Waals surface area contributed by atoms with Crippen LogP contribution in [0.1, 0.15) is 18.7 Å². The highest BCUT2D eigenvalue weighted by atomic mass is 19.1. The standard InChI is InChI=1S/C18H17FN2O3/c1-12-20-16-8-7-14(11-17(16)24-12)21-18(22)6-3-9-23-15-5-2-4-13(19)10-15/h2,4-5,7-8,10-11H,3,6,9H2,1H3,(H,21,22). The van der Waals surface area contributed by atoms with Gasteiger partial charge in [-0.25, -0.2) is 9.37 Å². The molecule has 0 atom stereocenters. The summed E-state index contributed by atoms with van der Waals surface area (Å²) in [6.45, 7) is 2.12. The van der Waals surface area contributed by atoms with Gasteiger partial charge in [-0.3, -0.25) is 4.79 Å². The van der Waals surface area contributed by atoms with E-state index < -0.39 is 0 Å². The van der Waals surface area contributed by atoms with Crippen molar-refractivity contribution in [1.29, 1.82) is 0 Å². The van der Waals surface area contributed by atoms with Crippen LogP contribution in [0.2, 0.25) is 0 Å². The second-order valence-electron chi connectivity index (χ2n) is 5.37. The number of carbonyl (C=O) groups is 1. The van der Waals surface area contributed by atoms with Gasteiger partial charge in [-0.05, 0) is 30.7 Å². The predicted molar refractivity (Wildman–Crippen MR) is 88.5 cm³/mol. The van der Waals surface area contributed by atoms with Gasteiger partial charge in [0.15, 0.2) is 11.5 Å². The molecule has 1 heterocycles. The number of nitrogens with zero attached hydrogens (tertiary/aromatic N) is 1. The molecule has 0 fully saturated rings. The van der Waals surface area contributed by atoms with Crippen LogP contribution in [-0.4, -0.2) is 17.5 Å². The van der Waals surface area contributed by atoms with Gasteiger partial charge in [-0.15, -0.1) is 0 Å². The first-order chi connectivity index (χ1) is 11.6. The molecule has 6 heteroatoms. The lowest BCUT2D eigenvalue weighted by atomic mass is 10.2. The Morgan fingerprint density at radius 1 is 1.29 bits per heavy atom. The molecule has 0 radical (unpaired) electrons. The van der Waals surface area contributed by atoms with E-state index in [2.05, 4.69) is 10.3 Å². The van der Waals surface area contributed by atoms with Crippen LogP contribution in [0.15, 0.2) is 46.9 Å². The highest BCUT2D eigenvalue weighted by Crippen LogP contribution is 2.20. The first-order valence-corrected chi connectivity index (χ1v) is 7.65. The number of rotatable bonds is 6. The Morgan fingerprint density at radius 3 is 3.00 bits per heavy atom. The number of benzene rings is 2. The number of aryl methyl sites for hydroxylation is 1. The van der Waals surface area contributed by atoms with Crippen molar-refractivity contribution < 1.29 is 18.3 Å². The number of oxazole rings is 1. The van der Waals surface area contributed by atoms with Gasteiger partial charge in [0.05, 0.1) is 6.61 Å². The quantitative estimate of drug-likeness (QED) is 0.693. The molecule has 3 rings (SSSR count). The molecule has 0 aliphatic heterocycles. The zero-order valence-corrected chi connectivity index (χ0v) is 13.2. The number of aromatic nitrogens is 1. The largest absolute Gasteiger partial charge is 0.493 e. The Bertz CT molecular complexity index is 860. The van der Waals surface area contributed by atoms with Gasteiger partial charge in [-0.2, -0.15) is 0 Å². The van der Waals surface area contributed by atoms with Crippen molar-refractivity contribution in [2.45, 2.75) is 19.8 Å². The number of carbonyl (C=O) groups excluding carboxylic acids is 1. The van der Waals surface area contributed by atoms with E-state index in [1.807, 2.05) is 0 Å². The van der Waals surface area contributed by atoms with Crippen molar-refractivity contribution in [3.63, 3.8) is 0 Å². The van der Waals surface area contributed by atoms with Crippen molar-refractivity contribution in [1.82, 2.24) is 4.98 Å². The number of hydrogen-bond acceptors (Lipinski definition) is 4. The lowest BCUT2D eigenvalue weighted by molar-refractivity contribution is -0.116. The zero-order chi connectivity index (χ0) is 16.9. The first-order valence-electron chi connectivity index (χ1n) is 7.65. The maximum atomic E-state index is 13.0. The Labute approximate surface area is 138 Å². The van der Waals surface area contributed by atoms with Gasteiger partial charge in [-0.1, -0.05) is 6.07 Å². The molecule has 0 aliphatic rings. The number of ether oxygens (including phenoxy) is 1. The lowest BCUT2D eigenvalue weighted by Crippen LogP contribution is -2.12. The molecule has 2 aromatic carbocycles. The summed E-state index contributed by atoms with van der Waals surface area (Å²) in [5.74, 6) is 0.584. The van der Waals surface area contributed by atoms with Gasteiger partial charge < -0.3 is 14.5 Å². The number of hydrogen-bond donors (Lipinski definition) is 1.